The largest absolute Gasteiger partial charge is 0.442 e. The van der Waals surface area contributed by atoms with Gasteiger partial charge in [-0.1, -0.05) is 24.6 Å². The zero-order chi connectivity index (χ0) is 23.1. The Balaban J connectivity index is 1.69. The van der Waals surface area contributed by atoms with Crippen molar-refractivity contribution in [2.45, 2.75) is 76.2 Å². The number of alkyl halides is 2. The number of ether oxygens (including phenoxy) is 2. The average molecular weight is 447 g/mol. The van der Waals surface area contributed by atoms with Gasteiger partial charge < -0.3 is 9.47 Å². The van der Waals surface area contributed by atoms with Crippen LogP contribution in [0.25, 0.3) is 0 Å². The molecule has 1 amide bonds. The number of halogens is 2. The van der Waals surface area contributed by atoms with E-state index in [-0.39, 0.29) is 24.6 Å². The Morgan fingerprint density at radius 1 is 1.12 bits per heavy atom. The van der Waals surface area contributed by atoms with Crippen LogP contribution < -0.4 is 10.1 Å². The smallest absolute Gasteiger partial charge is 0.437 e. The number of para-hydroxylation sites is 1. The molecule has 0 spiro atoms. The Morgan fingerprint density at radius 2 is 1.78 bits per heavy atom. The predicted molar refractivity (Wildman–Crippen MR) is 113 cm³/mol. The SMILES string of the molecule is CC(C)(C)OC(=O)n1nc(C2CC(F)(F)C2)c(C2CCC2)c1NC(=O)Oc1ccccc1. The number of anilines is 1. The van der Waals surface area contributed by atoms with Crippen LogP contribution in [0.1, 0.15) is 76.0 Å². The second-order valence-corrected chi connectivity index (χ2v) is 9.46. The number of nitrogens with zero attached hydrogens (tertiary/aromatic N) is 2. The monoisotopic (exact) mass is 447 g/mol. The molecular formula is C23H27F2N3O4. The number of rotatable bonds is 4. The van der Waals surface area contributed by atoms with Gasteiger partial charge in [-0.05, 0) is 51.7 Å². The summed E-state index contributed by atoms with van der Waals surface area (Å²) in [4.78, 5) is 25.6. The number of nitrogens with one attached hydrogen (secondary N) is 1. The molecule has 0 unspecified atom stereocenters. The van der Waals surface area contributed by atoms with Gasteiger partial charge in [-0.15, -0.1) is 4.68 Å². The van der Waals surface area contributed by atoms with E-state index >= 15 is 0 Å². The van der Waals surface area contributed by atoms with Crippen molar-refractivity contribution in [1.29, 1.82) is 0 Å². The van der Waals surface area contributed by atoms with Gasteiger partial charge in [0, 0.05) is 24.3 Å². The molecule has 2 aromatic rings. The summed E-state index contributed by atoms with van der Waals surface area (Å²) in [5.74, 6) is -2.72. The number of benzene rings is 1. The van der Waals surface area contributed by atoms with Crippen molar-refractivity contribution in [2.24, 2.45) is 0 Å². The number of aromatic nitrogens is 2. The first-order valence-electron chi connectivity index (χ1n) is 10.8. The van der Waals surface area contributed by atoms with Crippen LogP contribution >= 0.6 is 0 Å². The fraction of sp³-hybridized carbons (Fsp3) is 0.522. The van der Waals surface area contributed by atoms with Gasteiger partial charge in [0.1, 0.15) is 17.2 Å². The van der Waals surface area contributed by atoms with E-state index in [1.54, 1.807) is 51.1 Å². The van der Waals surface area contributed by atoms with Crippen LogP contribution in [0.4, 0.5) is 24.2 Å². The molecule has 2 aliphatic rings. The third kappa shape index (κ3) is 4.76. The lowest BCUT2D eigenvalue weighted by Crippen LogP contribution is -2.35. The molecule has 1 aromatic carbocycles. The van der Waals surface area contributed by atoms with Gasteiger partial charge >= 0.3 is 12.2 Å². The zero-order valence-corrected chi connectivity index (χ0v) is 18.4. The highest BCUT2D eigenvalue weighted by Crippen LogP contribution is 2.52. The molecule has 1 N–H and O–H groups in total. The first-order valence-corrected chi connectivity index (χ1v) is 10.8. The fourth-order valence-electron chi connectivity index (χ4n) is 3.98. The molecule has 9 heteroatoms. The topological polar surface area (TPSA) is 82.5 Å². The first kappa shape index (κ1) is 22.2. The third-order valence-electron chi connectivity index (χ3n) is 5.68. The maximum atomic E-state index is 13.6. The molecular weight excluding hydrogens is 420 g/mol. The highest BCUT2D eigenvalue weighted by Gasteiger charge is 2.49. The third-order valence-corrected chi connectivity index (χ3v) is 5.68. The molecule has 0 bridgehead atoms. The Bertz CT molecular complexity index is 1000. The van der Waals surface area contributed by atoms with E-state index in [4.69, 9.17) is 9.47 Å². The first-order chi connectivity index (χ1) is 15.0. The highest BCUT2D eigenvalue weighted by atomic mass is 19.3. The molecule has 7 nitrogen and oxygen atoms in total. The number of carbonyl (C=O) groups excluding carboxylic acids is 2. The molecule has 2 aliphatic carbocycles. The van der Waals surface area contributed by atoms with Gasteiger partial charge in [-0.25, -0.2) is 18.4 Å². The van der Waals surface area contributed by atoms with Crippen LogP contribution in [0, 0.1) is 0 Å². The lowest BCUT2D eigenvalue weighted by molar-refractivity contribution is -0.0879. The highest BCUT2D eigenvalue weighted by molar-refractivity contribution is 5.89. The summed E-state index contributed by atoms with van der Waals surface area (Å²) in [6.07, 6.45) is 0.406. The summed E-state index contributed by atoms with van der Waals surface area (Å²) < 4.78 is 39.0. The lowest BCUT2D eigenvalue weighted by atomic mass is 9.73. The Labute approximate surface area is 185 Å². The summed E-state index contributed by atoms with van der Waals surface area (Å²) in [6.45, 7) is 5.14. The van der Waals surface area contributed by atoms with E-state index < -0.39 is 29.6 Å². The molecule has 2 saturated carbocycles. The Morgan fingerprint density at radius 3 is 2.31 bits per heavy atom. The second-order valence-electron chi connectivity index (χ2n) is 9.46. The van der Waals surface area contributed by atoms with Crippen LogP contribution in [-0.2, 0) is 4.74 Å². The molecule has 1 aromatic heterocycles. The van der Waals surface area contributed by atoms with Crippen molar-refractivity contribution in [1.82, 2.24) is 9.78 Å². The quantitative estimate of drug-likeness (QED) is 0.616. The Kier molecular flexibility index (Phi) is 5.68. The molecule has 0 saturated heterocycles. The maximum absolute atomic E-state index is 13.6. The minimum atomic E-state index is -2.74. The molecule has 0 atom stereocenters. The standard InChI is InChI=1S/C23H27F2N3O4/c1-22(2,3)32-21(30)28-19(26-20(29)31-16-10-5-4-6-11-16)17(14-8-7-9-14)18(27-28)15-12-23(24,25)13-15/h4-6,10-11,14-15H,7-9,12-13H2,1-3H3,(H,26,29). The Hall–Kier alpha value is -2.97. The molecule has 2 fully saturated rings. The minimum absolute atomic E-state index is 0.0300. The molecule has 4 rings (SSSR count). The van der Waals surface area contributed by atoms with Crippen LogP contribution in [-0.4, -0.2) is 33.5 Å². The summed E-state index contributed by atoms with van der Waals surface area (Å²) in [7, 11) is 0. The average Bonchev–Trinajstić information content (AvgIpc) is 2.96. The van der Waals surface area contributed by atoms with E-state index in [1.807, 2.05) is 0 Å². The van der Waals surface area contributed by atoms with Crippen LogP contribution in [0.5, 0.6) is 5.75 Å². The molecule has 1 heterocycles. The normalized spacial score (nSPS) is 18.4. The molecule has 0 radical (unpaired) electrons. The van der Waals surface area contributed by atoms with Crippen molar-refractivity contribution in [3.05, 3.63) is 41.6 Å². The van der Waals surface area contributed by atoms with E-state index in [1.165, 1.54) is 0 Å². The predicted octanol–water partition coefficient (Wildman–Crippen LogP) is 6.06. The van der Waals surface area contributed by atoms with Gasteiger partial charge in [0.25, 0.3) is 0 Å². The molecule has 32 heavy (non-hydrogen) atoms. The molecule has 172 valence electrons. The second kappa shape index (κ2) is 8.18. The number of hydrogen-bond donors (Lipinski definition) is 1. The van der Waals surface area contributed by atoms with Crippen LogP contribution in [0.2, 0.25) is 0 Å². The van der Waals surface area contributed by atoms with E-state index in [2.05, 4.69) is 10.4 Å². The van der Waals surface area contributed by atoms with E-state index in [0.717, 1.165) is 23.9 Å². The summed E-state index contributed by atoms with van der Waals surface area (Å²) >= 11 is 0. The van der Waals surface area contributed by atoms with Crippen molar-refractivity contribution in [3.8, 4) is 5.75 Å². The number of amides is 1. The van der Waals surface area contributed by atoms with Gasteiger partial charge in [-0.2, -0.15) is 5.10 Å². The summed E-state index contributed by atoms with van der Waals surface area (Å²) in [5.41, 5.74) is 0.264. The fourth-order valence-corrected chi connectivity index (χ4v) is 3.98. The lowest BCUT2D eigenvalue weighted by Gasteiger charge is -2.36. The molecule has 0 aliphatic heterocycles. The minimum Gasteiger partial charge on any atom is -0.442 e. The number of carbonyl (C=O) groups is 2. The summed E-state index contributed by atoms with van der Waals surface area (Å²) in [6, 6.07) is 8.49. The summed E-state index contributed by atoms with van der Waals surface area (Å²) in [5, 5.41) is 7.02. The van der Waals surface area contributed by atoms with Crippen LogP contribution in [0.15, 0.2) is 30.3 Å². The van der Waals surface area contributed by atoms with Crippen LogP contribution in [0.3, 0.4) is 0 Å². The maximum Gasteiger partial charge on any atom is 0.437 e. The van der Waals surface area contributed by atoms with E-state index in [0.29, 0.717) is 17.0 Å². The van der Waals surface area contributed by atoms with E-state index in [9.17, 15) is 18.4 Å². The zero-order valence-electron chi connectivity index (χ0n) is 18.4. The van der Waals surface area contributed by atoms with Crippen molar-refractivity contribution >= 4 is 18.0 Å². The van der Waals surface area contributed by atoms with Crippen molar-refractivity contribution in [3.63, 3.8) is 0 Å². The van der Waals surface area contributed by atoms with Gasteiger partial charge in [0.05, 0.1) is 5.69 Å². The van der Waals surface area contributed by atoms with Crippen molar-refractivity contribution < 1.29 is 27.8 Å². The number of hydrogen-bond acceptors (Lipinski definition) is 5. The van der Waals surface area contributed by atoms with Gasteiger partial charge in [0.2, 0.25) is 5.92 Å². The van der Waals surface area contributed by atoms with Gasteiger partial charge in [0.15, 0.2) is 0 Å². The van der Waals surface area contributed by atoms with Gasteiger partial charge in [-0.3, -0.25) is 5.32 Å². The van der Waals surface area contributed by atoms with Crippen molar-refractivity contribution in [2.75, 3.05) is 5.32 Å².